The Morgan fingerprint density at radius 3 is 2.74 bits per heavy atom. The molecule has 0 spiro atoms. The summed E-state index contributed by atoms with van der Waals surface area (Å²) in [5.74, 6) is -0.976. The van der Waals surface area contributed by atoms with E-state index in [1.165, 1.54) is 18.2 Å². The summed E-state index contributed by atoms with van der Waals surface area (Å²) < 4.78 is 37.9. The third kappa shape index (κ3) is 3.46. The number of amides is 1. The normalized spacial score (nSPS) is 11.6. The van der Waals surface area contributed by atoms with Gasteiger partial charge in [-0.25, -0.2) is 12.8 Å². The van der Waals surface area contributed by atoms with E-state index in [-0.39, 0.29) is 16.0 Å². The van der Waals surface area contributed by atoms with Gasteiger partial charge in [0.15, 0.2) is 0 Å². The van der Waals surface area contributed by atoms with Crippen LogP contribution in [0.5, 0.6) is 0 Å². The molecular formula is C12H10FN5O3S2. The number of fused-ring (bicyclic) bond motifs is 1. The average Bonchev–Trinajstić information content (AvgIpc) is 3.04. The second-order valence-electron chi connectivity index (χ2n) is 4.62. The van der Waals surface area contributed by atoms with Crippen LogP contribution >= 0.6 is 11.3 Å². The number of sulfonamides is 1. The highest BCUT2D eigenvalue weighted by atomic mass is 32.2. The molecule has 0 aliphatic carbocycles. The van der Waals surface area contributed by atoms with Crippen molar-refractivity contribution in [2.45, 2.75) is 0 Å². The molecule has 8 nitrogen and oxygen atoms in total. The van der Waals surface area contributed by atoms with Crippen molar-refractivity contribution in [1.82, 2.24) is 15.2 Å². The maximum absolute atomic E-state index is 13.6. The van der Waals surface area contributed by atoms with Crippen LogP contribution in [0.3, 0.4) is 0 Å². The van der Waals surface area contributed by atoms with E-state index in [0.29, 0.717) is 10.9 Å². The first-order valence-corrected chi connectivity index (χ1v) is 8.92. The van der Waals surface area contributed by atoms with Crippen LogP contribution in [0, 0.1) is 5.82 Å². The predicted molar refractivity (Wildman–Crippen MR) is 84.6 cm³/mol. The SMILES string of the molecule is CS(=O)(=O)Nc1nnc(NC(=O)c2cc3c(F)cccc3[nH]2)s1. The number of nitrogens with one attached hydrogen (secondary N) is 3. The topological polar surface area (TPSA) is 117 Å². The Morgan fingerprint density at radius 2 is 2.04 bits per heavy atom. The van der Waals surface area contributed by atoms with Gasteiger partial charge in [0, 0.05) is 10.9 Å². The van der Waals surface area contributed by atoms with Crippen LogP contribution in [0.2, 0.25) is 0 Å². The van der Waals surface area contributed by atoms with E-state index < -0.39 is 21.7 Å². The largest absolute Gasteiger partial charge is 0.350 e. The third-order valence-electron chi connectivity index (χ3n) is 2.77. The molecule has 2 heterocycles. The highest BCUT2D eigenvalue weighted by molar-refractivity contribution is 7.92. The fourth-order valence-corrected chi connectivity index (χ4v) is 3.35. The molecule has 0 saturated heterocycles. The molecule has 0 fully saturated rings. The summed E-state index contributed by atoms with van der Waals surface area (Å²) in [6.45, 7) is 0. The van der Waals surface area contributed by atoms with Gasteiger partial charge in [0.1, 0.15) is 11.5 Å². The molecule has 0 atom stereocenters. The number of carbonyl (C=O) groups excluding carboxylic acids is 1. The molecule has 1 aromatic carbocycles. The Kier molecular flexibility index (Phi) is 3.74. The van der Waals surface area contributed by atoms with Gasteiger partial charge in [0.05, 0.1) is 6.26 Å². The smallest absolute Gasteiger partial charge is 0.273 e. The van der Waals surface area contributed by atoms with Gasteiger partial charge in [0.25, 0.3) is 5.91 Å². The van der Waals surface area contributed by atoms with Gasteiger partial charge in [-0.05, 0) is 18.2 Å². The Hall–Kier alpha value is -2.53. The molecular weight excluding hydrogens is 345 g/mol. The van der Waals surface area contributed by atoms with E-state index in [4.69, 9.17) is 0 Å². The van der Waals surface area contributed by atoms with Gasteiger partial charge >= 0.3 is 0 Å². The van der Waals surface area contributed by atoms with E-state index in [1.54, 1.807) is 6.07 Å². The monoisotopic (exact) mass is 355 g/mol. The lowest BCUT2D eigenvalue weighted by atomic mass is 10.2. The van der Waals surface area contributed by atoms with Crippen molar-refractivity contribution in [3.8, 4) is 0 Å². The lowest BCUT2D eigenvalue weighted by molar-refractivity contribution is 0.102. The zero-order valence-corrected chi connectivity index (χ0v) is 13.3. The van der Waals surface area contributed by atoms with E-state index in [0.717, 1.165) is 17.6 Å². The number of nitrogens with zero attached hydrogens (tertiary/aromatic N) is 2. The zero-order chi connectivity index (χ0) is 16.6. The van der Waals surface area contributed by atoms with Crippen molar-refractivity contribution in [3.05, 3.63) is 35.8 Å². The van der Waals surface area contributed by atoms with Gasteiger partial charge in [-0.2, -0.15) is 0 Å². The van der Waals surface area contributed by atoms with Crippen molar-refractivity contribution >= 4 is 48.4 Å². The number of hydrogen-bond acceptors (Lipinski definition) is 6. The molecule has 23 heavy (non-hydrogen) atoms. The van der Waals surface area contributed by atoms with Crippen LogP contribution in [-0.4, -0.2) is 35.8 Å². The van der Waals surface area contributed by atoms with E-state index >= 15 is 0 Å². The van der Waals surface area contributed by atoms with Gasteiger partial charge in [0.2, 0.25) is 20.3 Å². The van der Waals surface area contributed by atoms with Crippen LogP contribution < -0.4 is 10.0 Å². The van der Waals surface area contributed by atoms with E-state index in [1.807, 2.05) is 0 Å². The Labute approximate surface area is 133 Å². The standard InChI is InChI=1S/C12H10FN5O3S2/c1-23(20,21)18-12-17-16-11(22-12)15-10(19)9-5-6-7(13)3-2-4-8(6)14-9/h2-5,14H,1H3,(H,17,18)(H,15,16,19). The Bertz CT molecular complexity index is 995. The van der Waals surface area contributed by atoms with Crippen LogP contribution in [0.1, 0.15) is 10.5 Å². The number of aromatic nitrogens is 3. The van der Waals surface area contributed by atoms with Crippen molar-refractivity contribution < 1.29 is 17.6 Å². The second-order valence-corrected chi connectivity index (χ2v) is 7.35. The summed E-state index contributed by atoms with van der Waals surface area (Å²) in [4.78, 5) is 14.9. The van der Waals surface area contributed by atoms with Crippen molar-refractivity contribution in [2.75, 3.05) is 16.3 Å². The first kappa shape index (κ1) is 15.4. The van der Waals surface area contributed by atoms with Crippen LogP contribution in [0.4, 0.5) is 14.7 Å². The molecule has 0 unspecified atom stereocenters. The summed E-state index contributed by atoms with van der Waals surface area (Å²) >= 11 is 0.860. The van der Waals surface area contributed by atoms with Gasteiger partial charge in [-0.15, -0.1) is 10.2 Å². The Balaban J connectivity index is 1.79. The van der Waals surface area contributed by atoms with Gasteiger partial charge in [-0.3, -0.25) is 14.8 Å². The molecule has 3 N–H and O–H groups in total. The summed E-state index contributed by atoms with van der Waals surface area (Å²) in [6, 6.07) is 5.86. The summed E-state index contributed by atoms with van der Waals surface area (Å²) in [6.07, 6.45) is 0.978. The number of benzene rings is 1. The third-order valence-corrected chi connectivity index (χ3v) is 4.22. The molecule has 0 aliphatic heterocycles. The zero-order valence-electron chi connectivity index (χ0n) is 11.6. The minimum Gasteiger partial charge on any atom is -0.350 e. The van der Waals surface area contributed by atoms with Crippen molar-refractivity contribution in [2.24, 2.45) is 0 Å². The maximum Gasteiger partial charge on any atom is 0.273 e. The number of aromatic amines is 1. The first-order chi connectivity index (χ1) is 10.8. The average molecular weight is 355 g/mol. The molecule has 0 radical (unpaired) electrons. The molecule has 11 heteroatoms. The molecule has 0 saturated carbocycles. The second kappa shape index (κ2) is 5.59. The number of halogens is 1. The molecule has 0 bridgehead atoms. The summed E-state index contributed by atoms with van der Waals surface area (Å²) in [5, 5.41) is 10.2. The van der Waals surface area contributed by atoms with Gasteiger partial charge < -0.3 is 4.98 Å². The number of hydrogen-bond donors (Lipinski definition) is 3. The maximum atomic E-state index is 13.6. The van der Waals surface area contributed by atoms with Crippen molar-refractivity contribution in [3.63, 3.8) is 0 Å². The number of rotatable bonds is 4. The number of H-pyrrole nitrogens is 1. The van der Waals surface area contributed by atoms with Crippen molar-refractivity contribution in [1.29, 1.82) is 0 Å². The lowest BCUT2D eigenvalue weighted by Gasteiger charge is -1.97. The van der Waals surface area contributed by atoms with Crippen LogP contribution in [0.15, 0.2) is 24.3 Å². The minimum atomic E-state index is -3.47. The molecule has 3 aromatic rings. The number of carbonyl (C=O) groups is 1. The minimum absolute atomic E-state index is 0.0329. The number of anilines is 2. The first-order valence-electron chi connectivity index (χ1n) is 6.22. The predicted octanol–water partition coefficient (Wildman–Crippen LogP) is 1.78. The molecule has 120 valence electrons. The molecule has 1 amide bonds. The molecule has 3 rings (SSSR count). The fraction of sp³-hybridized carbons (Fsp3) is 0.0833. The Morgan fingerprint density at radius 1 is 1.30 bits per heavy atom. The van der Waals surface area contributed by atoms with E-state index in [9.17, 15) is 17.6 Å². The summed E-state index contributed by atoms with van der Waals surface area (Å²) in [5.41, 5.74) is 0.643. The fourth-order valence-electron chi connectivity index (χ4n) is 1.88. The van der Waals surface area contributed by atoms with Gasteiger partial charge in [-0.1, -0.05) is 17.4 Å². The van der Waals surface area contributed by atoms with Crippen LogP contribution in [-0.2, 0) is 10.0 Å². The quantitative estimate of drug-likeness (QED) is 0.659. The summed E-state index contributed by atoms with van der Waals surface area (Å²) in [7, 11) is -3.47. The van der Waals surface area contributed by atoms with Crippen LogP contribution in [0.25, 0.3) is 10.9 Å². The molecule has 0 aliphatic rings. The highest BCUT2D eigenvalue weighted by Crippen LogP contribution is 2.23. The molecule has 2 aromatic heterocycles. The lowest BCUT2D eigenvalue weighted by Crippen LogP contribution is -2.11. The highest BCUT2D eigenvalue weighted by Gasteiger charge is 2.15. The van der Waals surface area contributed by atoms with E-state index in [2.05, 4.69) is 25.2 Å².